The number of amides is 2. The van der Waals surface area contributed by atoms with Crippen molar-refractivity contribution in [3.63, 3.8) is 0 Å². The number of rotatable bonds is 8. The third kappa shape index (κ3) is 4.62. The van der Waals surface area contributed by atoms with E-state index >= 15 is 0 Å². The van der Waals surface area contributed by atoms with Gasteiger partial charge in [0.1, 0.15) is 6.04 Å². The van der Waals surface area contributed by atoms with Crippen molar-refractivity contribution in [2.45, 2.75) is 25.8 Å². The lowest BCUT2D eigenvalue weighted by Gasteiger charge is -2.31. The number of hydrogen-bond acceptors (Lipinski definition) is 4. The number of nitrogens with one attached hydrogen (secondary N) is 1. The minimum absolute atomic E-state index is 0.0161. The van der Waals surface area contributed by atoms with Gasteiger partial charge >= 0.3 is 0 Å². The molecular formula is C12H22N2O4. The Morgan fingerprint density at radius 2 is 2.11 bits per heavy atom. The maximum atomic E-state index is 11.9. The predicted octanol–water partition coefficient (Wildman–Crippen LogP) is -0.223. The molecule has 104 valence electrons. The van der Waals surface area contributed by atoms with Crippen molar-refractivity contribution in [1.29, 1.82) is 0 Å². The first kappa shape index (κ1) is 14.9. The quantitative estimate of drug-likeness (QED) is 0.611. The van der Waals surface area contributed by atoms with Crippen LogP contribution in [0.15, 0.2) is 0 Å². The van der Waals surface area contributed by atoms with E-state index in [1.807, 2.05) is 6.92 Å². The second kappa shape index (κ2) is 8.05. The van der Waals surface area contributed by atoms with Crippen molar-refractivity contribution in [2.24, 2.45) is 0 Å². The van der Waals surface area contributed by atoms with E-state index in [-0.39, 0.29) is 24.4 Å². The molecule has 18 heavy (non-hydrogen) atoms. The van der Waals surface area contributed by atoms with Crippen molar-refractivity contribution in [3.05, 3.63) is 0 Å². The van der Waals surface area contributed by atoms with E-state index in [2.05, 4.69) is 5.32 Å². The lowest BCUT2D eigenvalue weighted by atomic mass is 10.1. The van der Waals surface area contributed by atoms with Gasteiger partial charge in [-0.15, -0.1) is 0 Å². The summed E-state index contributed by atoms with van der Waals surface area (Å²) in [5.41, 5.74) is 0. The van der Waals surface area contributed by atoms with Crippen LogP contribution in [-0.4, -0.2) is 62.8 Å². The van der Waals surface area contributed by atoms with E-state index in [0.29, 0.717) is 32.8 Å². The zero-order valence-corrected chi connectivity index (χ0v) is 11.1. The second-order valence-electron chi connectivity index (χ2n) is 4.25. The third-order valence-electron chi connectivity index (χ3n) is 2.83. The van der Waals surface area contributed by atoms with Crippen LogP contribution >= 0.6 is 0 Å². The fraction of sp³-hybridized carbons (Fsp3) is 0.833. The maximum Gasteiger partial charge on any atom is 0.245 e. The molecule has 1 saturated heterocycles. The summed E-state index contributed by atoms with van der Waals surface area (Å²) in [7, 11) is 1.65. The van der Waals surface area contributed by atoms with E-state index in [1.165, 1.54) is 0 Å². The van der Waals surface area contributed by atoms with Crippen molar-refractivity contribution in [2.75, 3.05) is 40.0 Å². The van der Waals surface area contributed by atoms with Crippen LogP contribution in [0.25, 0.3) is 0 Å². The SMILES string of the molecule is CCC1NC(=O)CN(CCOCCCOC)C1=O. The zero-order valence-electron chi connectivity index (χ0n) is 11.1. The van der Waals surface area contributed by atoms with Crippen LogP contribution in [-0.2, 0) is 19.1 Å². The molecule has 1 heterocycles. The van der Waals surface area contributed by atoms with Gasteiger partial charge in [-0.1, -0.05) is 6.92 Å². The molecule has 2 amide bonds. The summed E-state index contributed by atoms with van der Waals surface area (Å²) in [5, 5.41) is 2.68. The minimum Gasteiger partial charge on any atom is -0.385 e. The molecule has 1 atom stereocenters. The molecule has 6 nitrogen and oxygen atoms in total. The van der Waals surface area contributed by atoms with Crippen LogP contribution in [0.4, 0.5) is 0 Å². The van der Waals surface area contributed by atoms with Crippen molar-refractivity contribution < 1.29 is 19.1 Å². The molecule has 0 bridgehead atoms. The molecule has 1 unspecified atom stereocenters. The Bertz CT molecular complexity index is 283. The Balaban J connectivity index is 2.23. The number of carbonyl (C=O) groups is 2. The average Bonchev–Trinajstić information content (AvgIpc) is 2.37. The lowest BCUT2D eigenvalue weighted by molar-refractivity contribution is -0.145. The standard InChI is InChI=1S/C12H22N2O4/c1-3-10-12(16)14(9-11(15)13-10)5-8-18-7-4-6-17-2/h10H,3-9H2,1-2H3,(H,13,15). The summed E-state index contributed by atoms with van der Waals surface area (Å²) in [6.07, 6.45) is 1.46. The summed E-state index contributed by atoms with van der Waals surface area (Å²) in [6, 6.07) is -0.375. The van der Waals surface area contributed by atoms with E-state index in [1.54, 1.807) is 12.0 Å². The van der Waals surface area contributed by atoms with Gasteiger partial charge in [0.05, 0.1) is 13.2 Å². The van der Waals surface area contributed by atoms with Crippen molar-refractivity contribution >= 4 is 11.8 Å². The molecule has 6 heteroatoms. The Kier molecular flexibility index (Phi) is 6.67. The Labute approximate surface area is 108 Å². The highest BCUT2D eigenvalue weighted by molar-refractivity contribution is 5.94. The summed E-state index contributed by atoms with van der Waals surface area (Å²) in [5.74, 6) is -0.113. The fourth-order valence-electron chi connectivity index (χ4n) is 1.82. The normalized spacial score (nSPS) is 20.1. The first-order valence-corrected chi connectivity index (χ1v) is 6.33. The van der Waals surface area contributed by atoms with E-state index in [4.69, 9.17) is 9.47 Å². The Hall–Kier alpha value is -1.14. The van der Waals surface area contributed by atoms with E-state index in [0.717, 1.165) is 6.42 Å². The number of methoxy groups -OCH3 is 1. The first-order chi connectivity index (χ1) is 8.69. The van der Waals surface area contributed by atoms with Gasteiger partial charge in [0, 0.05) is 26.9 Å². The monoisotopic (exact) mass is 258 g/mol. The molecule has 1 aliphatic heterocycles. The van der Waals surface area contributed by atoms with Gasteiger partial charge in [0.15, 0.2) is 0 Å². The van der Waals surface area contributed by atoms with E-state index < -0.39 is 0 Å². The summed E-state index contributed by atoms with van der Waals surface area (Å²) < 4.78 is 10.3. The summed E-state index contributed by atoms with van der Waals surface area (Å²) in [6.45, 7) is 4.22. The van der Waals surface area contributed by atoms with Gasteiger partial charge in [-0.05, 0) is 12.8 Å². The van der Waals surface area contributed by atoms with Gasteiger partial charge in [0.25, 0.3) is 0 Å². The summed E-state index contributed by atoms with van der Waals surface area (Å²) in [4.78, 5) is 24.9. The average molecular weight is 258 g/mol. The molecule has 0 aromatic heterocycles. The number of hydrogen-bond donors (Lipinski definition) is 1. The molecule has 0 spiro atoms. The zero-order chi connectivity index (χ0) is 13.4. The van der Waals surface area contributed by atoms with Crippen LogP contribution in [0, 0.1) is 0 Å². The highest BCUT2D eigenvalue weighted by atomic mass is 16.5. The highest BCUT2D eigenvalue weighted by Gasteiger charge is 2.30. The second-order valence-corrected chi connectivity index (χ2v) is 4.25. The molecule has 1 rings (SSSR count). The van der Waals surface area contributed by atoms with Gasteiger partial charge in [-0.25, -0.2) is 0 Å². The van der Waals surface area contributed by atoms with E-state index in [9.17, 15) is 9.59 Å². The molecule has 1 aliphatic rings. The van der Waals surface area contributed by atoms with Crippen LogP contribution in [0.2, 0.25) is 0 Å². The van der Waals surface area contributed by atoms with Crippen molar-refractivity contribution in [1.82, 2.24) is 10.2 Å². The highest BCUT2D eigenvalue weighted by Crippen LogP contribution is 2.05. The van der Waals surface area contributed by atoms with Crippen LogP contribution in [0.1, 0.15) is 19.8 Å². The lowest BCUT2D eigenvalue weighted by Crippen LogP contribution is -2.58. The minimum atomic E-state index is -0.375. The van der Waals surface area contributed by atoms with Gasteiger partial charge < -0.3 is 19.7 Å². The summed E-state index contributed by atoms with van der Waals surface area (Å²) >= 11 is 0. The Morgan fingerprint density at radius 1 is 1.33 bits per heavy atom. The third-order valence-corrected chi connectivity index (χ3v) is 2.83. The Morgan fingerprint density at radius 3 is 2.78 bits per heavy atom. The maximum absolute atomic E-state index is 11.9. The van der Waals surface area contributed by atoms with Crippen molar-refractivity contribution in [3.8, 4) is 0 Å². The first-order valence-electron chi connectivity index (χ1n) is 6.33. The topological polar surface area (TPSA) is 67.9 Å². The van der Waals surface area contributed by atoms with Crippen LogP contribution in [0.3, 0.4) is 0 Å². The molecule has 0 aromatic rings. The molecule has 0 radical (unpaired) electrons. The largest absolute Gasteiger partial charge is 0.385 e. The van der Waals surface area contributed by atoms with Crippen LogP contribution < -0.4 is 5.32 Å². The van der Waals surface area contributed by atoms with Gasteiger partial charge in [0.2, 0.25) is 11.8 Å². The molecular weight excluding hydrogens is 236 g/mol. The number of piperazine rings is 1. The molecule has 0 aromatic carbocycles. The molecule has 1 fully saturated rings. The smallest absolute Gasteiger partial charge is 0.245 e. The number of carbonyl (C=O) groups excluding carboxylic acids is 2. The number of nitrogens with zero attached hydrogens (tertiary/aromatic N) is 1. The fourth-order valence-corrected chi connectivity index (χ4v) is 1.82. The van der Waals surface area contributed by atoms with Crippen LogP contribution in [0.5, 0.6) is 0 Å². The number of ether oxygens (including phenoxy) is 2. The predicted molar refractivity (Wildman–Crippen MR) is 66.1 cm³/mol. The van der Waals surface area contributed by atoms with Gasteiger partial charge in [-0.3, -0.25) is 9.59 Å². The molecule has 0 saturated carbocycles. The molecule has 0 aliphatic carbocycles. The molecule has 1 N–H and O–H groups in total. The van der Waals surface area contributed by atoms with Gasteiger partial charge in [-0.2, -0.15) is 0 Å².